The van der Waals surface area contributed by atoms with Crippen molar-refractivity contribution in [1.29, 1.82) is 0 Å². The molecule has 3 heterocycles. The molecule has 1 aliphatic rings. The zero-order valence-corrected chi connectivity index (χ0v) is 19.7. The molecule has 0 saturated heterocycles. The lowest BCUT2D eigenvalue weighted by atomic mass is 10.1. The number of alkyl halides is 2. The van der Waals surface area contributed by atoms with E-state index in [2.05, 4.69) is 25.3 Å². The lowest BCUT2D eigenvalue weighted by molar-refractivity contribution is -0.0505. The number of benzene rings is 1. The Hall–Kier alpha value is -2.83. The van der Waals surface area contributed by atoms with Crippen LogP contribution in [0.2, 0.25) is 0 Å². The second kappa shape index (κ2) is 11.2. The van der Waals surface area contributed by atoms with Crippen molar-refractivity contribution >= 4 is 35.6 Å². The molecule has 1 aliphatic heterocycles. The van der Waals surface area contributed by atoms with E-state index in [9.17, 15) is 8.78 Å². The maximum absolute atomic E-state index is 12.8. The smallest absolute Gasteiger partial charge is 0.387 e. The number of fused-ring (bicyclic) bond motifs is 2. The normalized spacial score (nSPS) is 12.7. The summed E-state index contributed by atoms with van der Waals surface area (Å²) in [5.41, 5.74) is 2.33. The van der Waals surface area contributed by atoms with Gasteiger partial charge >= 0.3 is 6.61 Å². The van der Waals surface area contributed by atoms with E-state index in [1.165, 1.54) is 6.07 Å². The highest BCUT2D eigenvalue weighted by atomic mass is 127. The van der Waals surface area contributed by atoms with E-state index in [0.29, 0.717) is 42.5 Å². The fourth-order valence-electron chi connectivity index (χ4n) is 3.22. The molecular formula is C21H24F2IN5O3. The number of imidazole rings is 1. The Kier molecular flexibility index (Phi) is 8.31. The van der Waals surface area contributed by atoms with Gasteiger partial charge in [0.25, 0.3) is 0 Å². The van der Waals surface area contributed by atoms with Crippen LogP contribution in [-0.4, -0.2) is 41.8 Å². The number of hydrogen-bond donors (Lipinski definition) is 2. The quantitative estimate of drug-likeness (QED) is 0.250. The van der Waals surface area contributed by atoms with Crippen LogP contribution >= 0.6 is 24.0 Å². The van der Waals surface area contributed by atoms with Gasteiger partial charge in [0, 0.05) is 43.5 Å². The zero-order chi connectivity index (χ0) is 21.6. The molecule has 0 fully saturated rings. The van der Waals surface area contributed by atoms with Gasteiger partial charge in [0.15, 0.2) is 17.5 Å². The monoisotopic (exact) mass is 559 g/mol. The van der Waals surface area contributed by atoms with E-state index >= 15 is 0 Å². The van der Waals surface area contributed by atoms with Crippen LogP contribution in [0.4, 0.5) is 8.78 Å². The number of ether oxygens (including phenoxy) is 3. The number of halogens is 3. The molecule has 0 unspecified atom stereocenters. The molecular weight excluding hydrogens is 535 g/mol. The van der Waals surface area contributed by atoms with Crippen LogP contribution in [0.3, 0.4) is 0 Å². The summed E-state index contributed by atoms with van der Waals surface area (Å²) in [7, 11) is 0. The minimum Gasteiger partial charge on any atom is -0.454 e. The van der Waals surface area contributed by atoms with E-state index in [0.717, 1.165) is 11.3 Å². The van der Waals surface area contributed by atoms with Crippen LogP contribution in [-0.2, 0) is 13.0 Å². The average Bonchev–Trinajstić information content (AvgIpc) is 3.37. The fourth-order valence-corrected chi connectivity index (χ4v) is 3.22. The third kappa shape index (κ3) is 5.90. The molecule has 0 atom stereocenters. The predicted octanol–water partition coefficient (Wildman–Crippen LogP) is 3.58. The van der Waals surface area contributed by atoms with E-state index in [1.54, 1.807) is 6.07 Å². The van der Waals surface area contributed by atoms with Crippen molar-refractivity contribution in [3.63, 3.8) is 0 Å². The van der Waals surface area contributed by atoms with Crippen LogP contribution in [0.25, 0.3) is 5.65 Å². The second-order valence-electron chi connectivity index (χ2n) is 6.76. The summed E-state index contributed by atoms with van der Waals surface area (Å²) >= 11 is 0. The molecule has 0 spiro atoms. The third-order valence-corrected chi connectivity index (χ3v) is 4.61. The van der Waals surface area contributed by atoms with Crippen molar-refractivity contribution in [1.82, 2.24) is 20.0 Å². The van der Waals surface area contributed by atoms with Crippen molar-refractivity contribution in [2.24, 2.45) is 4.99 Å². The summed E-state index contributed by atoms with van der Waals surface area (Å²) in [6.45, 7) is 0.440. The van der Waals surface area contributed by atoms with Crippen molar-refractivity contribution in [2.45, 2.75) is 26.5 Å². The third-order valence-electron chi connectivity index (χ3n) is 4.61. The van der Waals surface area contributed by atoms with Crippen molar-refractivity contribution < 1.29 is 23.0 Å². The van der Waals surface area contributed by atoms with Gasteiger partial charge in [-0.2, -0.15) is 8.78 Å². The number of nitrogens with zero attached hydrogens (tertiary/aromatic N) is 3. The fraction of sp³-hybridized carbons (Fsp3) is 0.333. The SMILES string of the molecule is CCNC(=NCc1cc2c(cc1OC(F)F)OCO2)NCCc1cn2ccccc2n1.I. The number of nitrogens with one attached hydrogen (secondary N) is 2. The second-order valence-corrected chi connectivity index (χ2v) is 6.76. The maximum atomic E-state index is 12.8. The Labute approximate surface area is 201 Å². The van der Waals surface area contributed by atoms with Crippen molar-refractivity contribution in [3.05, 3.63) is 54.0 Å². The topological polar surface area (TPSA) is 81.4 Å². The molecule has 3 aromatic rings. The summed E-state index contributed by atoms with van der Waals surface area (Å²) in [4.78, 5) is 9.07. The predicted molar refractivity (Wildman–Crippen MR) is 126 cm³/mol. The lowest BCUT2D eigenvalue weighted by Gasteiger charge is -2.13. The van der Waals surface area contributed by atoms with Crippen LogP contribution in [0.15, 0.2) is 47.7 Å². The first-order valence-electron chi connectivity index (χ1n) is 9.94. The molecule has 2 N–H and O–H groups in total. The van der Waals surface area contributed by atoms with E-state index in [-0.39, 0.29) is 43.1 Å². The minimum absolute atomic E-state index is 0. The standard InChI is InChI=1S/C21H23F2N5O3.HI/c1-2-24-21(25-7-6-15-12-28-8-4-3-5-19(28)27-15)26-11-14-9-17-18(30-13-29-17)10-16(14)31-20(22)23;/h3-5,8-10,12,20H,2,6-7,11,13H2,1H3,(H2,24,25,26);1H. The summed E-state index contributed by atoms with van der Waals surface area (Å²) in [5, 5.41) is 6.39. The number of aliphatic imine (C=N–C) groups is 1. The number of aromatic nitrogens is 2. The Morgan fingerprint density at radius 1 is 1.25 bits per heavy atom. The van der Waals surface area contributed by atoms with Crippen molar-refractivity contribution in [3.8, 4) is 17.2 Å². The average molecular weight is 559 g/mol. The van der Waals surface area contributed by atoms with E-state index in [1.807, 2.05) is 41.9 Å². The highest BCUT2D eigenvalue weighted by Gasteiger charge is 2.20. The van der Waals surface area contributed by atoms with Gasteiger partial charge in [-0.3, -0.25) is 0 Å². The van der Waals surface area contributed by atoms with E-state index in [4.69, 9.17) is 9.47 Å². The molecule has 172 valence electrons. The summed E-state index contributed by atoms with van der Waals surface area (Å²) < 4.78 is 42.8. The first-order chi connectivity index (χ1) is 15.1. The number of guanidine groups is 1. The molecule has 1 aromatic carbocycles. The van der Waals surface area contributed by atoms with Crippen molar-refractivity contribution in [2.75, 3.05) is 19.9 Å². The van der Waals surface area contributed by atoms with Gasteiger partial charge in [-0.15, -0.1) is 24.0 Å². The number of hydrogen-bond acceptors (Lipinski definition) is 5. The molecule has 0 saturated carbocycles. The molecule has 8 nitrogen and oxygen atoms in total. The molecule has 2 aromatic heterocycles. The summed E-state index contributed by atoms with van der Waals surface area (Å²) in [5.74, 6) is 1.44. The van der Waals surface area contributed by atoms with Crippen LogP contribution in [0.1, 0.15) is 18.2 Å². The van der Waals surface area contributed by atoms with Gasteiger partial charge in [-0.25, -0.2) is 9.98 Å². The highest BCUT2D eigenvalue weighted by molar-refractivity contribution is 14.0. The molecule has 4 rings (SSSR count). The van der Waals surface area contributed by atoms with E-state index < -0.39 is 6.61 Å². The minimum atomic E-state index is -2.94. The largest absolute Gasteiger partial charge is 0.454 e. The van der Waals surface area contributed by atoms with Crippen LogP contribution in [0.5, 0.6) is 17.2 Å². The molecule has 0 radical (unpaired) electrons. The molecule has 11 heteroatoms. The first kappa shape index (κ1) is 23.8. The maximum Gasteiger partial charge on any atom is 0.387 e. The molecule has 0 amide bonds. The first-order valence-corrected chi connectivity index (χ1v) is 9.94. The van der Waals surface area contributed by atoms with Gasteiger partial charge in [-0.05, 0) is 25.1 Å². The van der Waals surface area contributed by atoms with Gasteiger partial charge in [0.05, 0.1) is 12.2 Å². The zero-order valence-electron chi connectivity index (χ0n) is 17.4. The van der Waals surface area contributed by atoms with Gasteiger partial charge in [0.1, 0.15) is 11.4 Å². The lowest BCUT2D eigenvalue weighted by Crippen LogP contribution is -2.38. The molecule has 0 bridgehead atoms. The molecule has 32 heavy (non-hydrogen) atoms. The van der Waals surface area contributed by atoms with Gasteiger partial charge in [-0.1, -0.05) is 6.07 Å². The van der Waals surface area contributed by atoms with Gasteiger partial charge in [0.2, 0.25) is 6.79 Å². The highest BCUT2D eigenvalue weighted by Crippen LogP contribution is 2.39. The molecule has 0 aliphatic carbocycles. The summed E-state index contributed by atoms with van der Waals surface area (Å²) in [6, 6.07) is 8.87. The van der Waals surface area contributed by atoms with Crippen LogP contribution in [0, 0.1) is 0 Å². The van der Waals surface area contributed by atoms with Gasteiger partial charge < -0.3 is 29.2 Å². The number of pyridine rings is 1. The Bertz CT molecular complexity index is 1040. The summed E-state index contributed by atoms with van der Waals surface area (Å²) in [6.07, 6.45) is 4.65. The Balaban J connectivity index is 0.00000289. The van der Waals surface area contributed by atoms with Crippen LogP contribution < -0.4 is 24.8 Å². The Morgan fingerprint density at radius 2 is 2.06 bits per heavy atom. The Morgan fingerprint density at radius 3 is 2.81 bits per heavy atom. The number of rotatable bonds is 8.